The molecule has 1 aliphatic rings. The van der Waals surface area contributed by atoms with E-state index in [-0.39, 0.29) is 0 Å². The largest absolute Gasteiger partial charge is 0.494 e. The van der Waals surface area contributed by atoms with Crippen molar-refractivity contribution >= 4 is 11.8 Å². The monoisotopic (exact) mass is 320 g/mol. The van der Waals surface area contributed by atoms with Crippen molar-refractivity contribution in [1.82, 2.24) is 4.90 Å². The molecule has 1 aromatic carbocycles. The number of carbonyl (C=O) groups is 1. The third-order valence-electron chi connectivity index (χ3n) is 3.87. The Morgan fingerprint density at radius 3 is 2.57 bits per heavy atom. The molecule has 0 aromatic heterocycles. The third kappa shape index (κ3) is 6.91. The van der Waals surface area contributed by atoms with Crippen LogP contribution in [0.5, 0.6) is 5.75 Å². The van der Waals surface area contributed by atoms with Gasteiger partial charge < -0.3 is 14.4 Å². The standard InChI is InChI=1S/C18H28N2O3/c1-2-14-22-17-9-7-16(8-10-17)19-18(21)23-15-6-13-20-11-4-3-5-12-20/h7-10H,2-6,11-15H2,1H3,(H,19,21). The van der Waals surface area contributed by atoms with Gasteiger partial charge in [-0.25, -0.2) is 4.79 Å². The molecule has 2 rings (SSSR count). The predicted molar refractivity (Wildman–Crippen MR) is 92.1 cm³/mol. The molecule has 1 fully saturated rings. The maximum atomic E-state index is 11.7. The molecular weight excluding hydrogens is 292 g/mol. The first-order chi connectivity index (χ1) is 11.3. The summed E-state index contributed by atoms with van der Waals surface area (Å²) >= 11 is 0. The summed E-state index contributed by atoms with van der Waals surface area (Å²) in [6.45, 7) is 6.59. The van der Waals surface area contributed by atoms with Crippen molar-refractivity contribution in [3.8, 4) is 5.75 Å². The predicted octanol–water partition coefficient (Wildman–Crippen LogP) is 3.90. The van der Waals surface area contributed by atoms with Crippen LogP contribution in [-0.4, -0.2) is 43.8 Å². The summed E-state index contributed by atoms with van der Waals surface area (Å²) in [7, 11) is 0. The van der Waals surface area contributed by atoms with Gasteiger partial charge in [-0.3, -0.25) is 5.32 Å². The lowest BCUT2D eigenvalue weighted by atomic mass is 10.1. The van der Waals surface area contributed by atoms with Crippen molar-refractivity contribution in [2.24, 2.45) is 0 Å². The van der Waals surface area contributed by atoms with E-state index >= 15 is 0 Å². The van der Waals surface area contributed by atoms with E-state index in [2.05, 4.69) is 17.1 Å². The van der Waals surface area contributed by atoms with Crippen molar-refractivity contribution in [3.63, 3.8) is 0 Å². The number of ether oxygens (including phenoxy) is 2. The summed E-state index contributed by atoms with van der Waals surface area (Å²) in [6, 6.07) is 7.34. The normalized spacial score (nSPS) is 15.2. The fourth-order valence-corrected chi connectivity index (χ4v) is 2.64. The first kappa shape index (κ1) is 17.6. The molecule has 1 saturated heterocycles. The fourth-order valence-electron chi connectivity index (χ4n) is 2.64. The zero-order chi connectivity index (χ0) is 16.3. The highest BCUT2D eigenvalue weighted by molar-refractivity contribution is 5.84. The number of piperidine rings is 1. The van der Waals surface area contributed by atoms with Crippen LogP contribution in [-0.2, 0) is 4.74 Å². The number of benzene rings is 1. The van der Waals surface area contributed by atoms with E-state index in [9.17, 15) is 4.79 Å². The second-order valence-electron chi connectivity index (χ2n) is 5.89. The first-order valence-corrected chi connectivity index (χ1v) is 8.67. The highest BCUT2D eigenvalue weighted by Gasteiger charge is 2.10. The van der Waals surface area contributed by atoms with E-state index in [1.807, 2.05) is 24.3 Å². The van der Waals surface area contributed by atoms with Gasteiger partial charge in [-0.1, -0.05) is 13.3 Å². The van der Waals surface area contributed by atoms with Gasteiger partial charge in [0, 0.05) is 12.2 Å². The molecule has 0 atom stereocenters. The lowest BCUT2D eigenvalue weighted by molar-refractivity contribution is 0.148. The molecule has 1 N–H and O–H groups in total. The molecule has 0 unspecified atom stereocenters. The fraction of sp³-hybridized carbons (Fsp3) is 0.611. The van der Waals surface area contributed by atoms with Crippen LogP contribution in [0.25, 0.3) is 0 Å². The SMILES string of the molecule is CCCOc1ccc(NC(=O)OCCCN2CCCCC2)cc1. The van der Waals surface area contributed by atoms with Crippen molar-refractivity contribution < 1.29 is 14.3 Å². The van der Waals surface area contributed by atoms with Crippen LogP contribution in [0.1, 0.15) is 39.0 Å². The molecule has 0 bridgehead atoms. The number of carbonyl (C=O) groups excluding carboxylic acids is 1. The van der Waals surface area contributed by atoms with Gasteiger partial charge in [0.1, 0.15) is 5.75 Å². The summed E-state index contributed by atoms with van der Waals surface area (Å²) in [5.74, 6) is 0.812. The molecule has 0 spiro atoms. The maximum absolute atomic E-state index is 11.7. The van der Waals surface area contributed by atoms with E-state index in [1.165, 1.54) is 32.4 Å². The molecule has 5 nitrogen and oxygen atoms in total. The number of rotatable bonds is 8. The lowest BCUT2D eigenvalue weighted by Crippen LogP contribution is -2.31. The Kier molecular flexibility index (Phi) is 7.73. The number of amides is 1. The average Bonchev–Trinajstić information content (AvgIpc) is 2.59. The van der Waals surface area contributed by atoms with Crippen LogP contribution >= 0.6 is 0 Å². The minimum atomic E-state index is -0.397. The Hall–Kier alpha value is -1.75. The minimum absolute atomic E-state index is 0.397. The van der Waals surface area contributed by atoms with Gasteiger partial charge >= 0.3 is 6.09 Å². The topological polar surface area (TPSA) is 50.8 Å². The molecule has 23 heavy (non-hydrogen) atoms. The first-order valence-electron chi connectivity index (χ1n) is 8.67. The van der Waals surface area contributed by atoms with Gasteiger partial charge in [0.05, 0.1) is 13.2 Å². The molecular formula is C18H28N2O3. The van der Waals surface area contributed by atoms with Gasteiger partial charge in [0.15, 0.2) is 0 Å². The number of nitrogens with one attached hydrogen (secondary N) is 1. The number of hydrogen-bond donors (Lipinski definition) is 1. The number of anilines is 1. The molecule has 128 valence electrons. The second-order valence-corrected chi connectivity index (χ2v) is 5.89. The highest BCUT2D eigenvalue weighted by atomic mass is 16.5. The van der Waals surface area contributed by atoms with Crippen molar-refractivity contribution in [2.75, 3.05) is 38.2 Å². The Morgan fingerprint density at radius 1 is 1.13 bits per heavy atom. The smallest absolute Gasteiger partial charge is 0.411 e. The summed E-state index contributed by atoms with van der Waals surface area (Å²) in [4.78, 5) is 14.2. The Balaban J connectivity index is 1.60. The maximum Gasteiger partial charge on any atom is 0.411 e. The summed E-state index contributed by atoms with van der Waals surface area (Å²) in [6.07, 6.45) is 5.39. The second kappa shape index (κ2) is 10.1. The minimum Gasteiger partial charge on any atom is -0.494 e. The molecule has 1 amide bonds. The summed E-state index contributed by atoms with van der Waals surface area (Å²) < 4.78 is 10.7. The lowest BCUT2D eigenvalue weighted by Gasteiger charge is -2.26. The zero-order valence-corrected chi connectivity index (χ0v) is 14.1. The summed E-state index contributed by atoms with van der Waals surface area (Å²) in [5.41, 5.74) is 0.717. The van der Waals surface area contributed by atoms with Gasteiger partial charge in [-0.15, -0.1) is 0 Å². The van der Waals surface area contributed by atoms with Crippen LogP contribution < -0.4 is 10.1 Å². The highest BCUT2D eigenvalue weighted by Crippen LogP contribution is 2.16. The summed E-state index contributed by atoms with van der Waals surface area (Å²) in [5, 5.41) is 2.73. The van der Waals surface area contributed by atoms with Crippen molar-refractivity contribution in [1.29, 1.82) is 0 Å². The Labute approximate surface area is 139 Å². The van der Waals surface area contributed by atoms with E-state index in [1.54, 1.807) is 0 Å². The molecule has 0 radical (unpaired) electrons. The van der Waals surface area contributed by atoms with E-state index in [4.69, 9.17) is 9.47 Å². The van der Waals surface area contributed by atoms with Gasteiger partial charge in [0.2, 0.25) is 0 Å². The molecule has 5 heteroatoms. The number of likely N-dealkylation sites (tertiary alicyclic amines) is 1. The van der Waals surface area contributed by atoms with Crippen LogP contribution in [0.15, 0.2) is 24.3 Å². The quantitative estimate of drug-likeness (QED) is 0.738. The van der Waals surface area contributed by atoms with Gasteiger partial charge in [-0.05, 0) is 63.0 Å². The molecule has 0 aliphatic carbocycles. The third-order valence-corrected chi connectivity index (χ3v) is 3.87. The van der Waals surface area contributed by atoms with Crippen LogP contribution in [0.2, 0.25) is 0 Å². The van der Waals surface area contributed by atoms with Crippen LogP contribution in [0, 0.1) is 0 Å². The zero-order valence-electron chi connectivity index (χ0n) is 14.1. The Morgan fingerprint density at radius 2 is 1.87 bits per heavy atom. The van der Waals surface area contributed by atoms with Crippen LogP contribution in [0.3, 0.4) is 0 Å². The van der Waals surface area contributed by atoms with Crippen molar-refractivity contribution in [3.05, 3.63) is 24.3 Å². The van der Waals surface area contributed by atoms with Gasteiger partial charge in [0.25, 0.3) is 0 Å². The van der Waals surface area contributed by atoms with Crippen molar-refractivity contribution in [2.45, 2.75) is 39.0 Å². The van der Waals surface area contributed by atoms with E-state index in [0.29, 0.717) is 13.2 Å². The van der Waals surface area contributed by atoms with E-state index < -0.39 is 6.09 Å². The molecule has 1 aromatic rings. The van der Waals surface area contributed by atoms with Crippen LogP contribution in [0.4, 0.5) is 10.5 Å². The van der Waals surface area contributed by atoms with Gasteiger partial charge in [-0.2, -0.15) is 0 Å². The van der Waals surface area contributed by atoms with E-state index in [0.717, 1.165) is 30.8 Å². The average molecular weight is 320 g/mol. The molecule has 0 saturated carbocycles. The Bertz CT molecular complexity index is 456. The number of nitrogens with zero attached hydrogens (tertiary/aromatic N) is 1. The number of hydrogen-bond acceptors (Lipinski definition) is 4. The molecule has 1 aliphatic heterocycles. The molecule has 1 heterocycles.